The first kappa shape index (κ1) is 14.5. The van der Waals surface area contributed by atoms with Gasteiger partial charge in [-0.1, -0.05) is 33.8 Å². The summed E-state index contributed by atoms with van der Waals surface area (Å²) in [7, 11) is 0. The van der Waals surface area contributed by atoms with Crippen molar-refractivity contribution in [2.24, 2.45) is 5.73 Å². The molecule has 19 heavy (non-hydrogen) atoms. The summed E-state index contributed by atoms with van der Waals surface area (Å²) in [5.41, 5.74) is 6.63. The van der Waals surface area contributed by atoms with Crippen molar-refractivity contribution in [2.45, 2.75) is 16.2 Å². The lowest BCUT2D eigenvalue weighted by Crippen LogP contribution is -2.03. The Morgan fingerprint density at radius 3 is 2.53 bits per heavy atom. The molecule has 0 aliphatic heterocycles. The topological polar surface area (TPSA) is 26.0 Å². The summed E-state index contributed by atoms with van der Waals surface area (Å²) < 4.78 is 27.3. The molecule has 0 aromatic heterocycles. The van der Waals surface area contributed by atoms with E-state index in [1.807, 2.05) is 18.2 Å². The van der Waals surface area contributed by atoms with Crippen LogP contribution in [0.4, 0.5) is 8.78 Å². The normalized spacial score (nSPS) is 10.7. The molecule has 0 radical (unpaired) electrons. The van der Waals surface area contributed by atoms with Crippen LogP contribution in [0.5, 0.6) is 0 Å². The Morgan fingerprint density at radius 2 is 1.89 bits per heavy atom. The first-order valence-electron chi connectivity index (χ1n) is 5.71. The molecule has 0 saturated heterocycles. The molecule has 0 bridgehead atoms. The van der Waals surface area contributed by atoms with Crippen LogP contribution in [0.1, 0.15) is 5.56 Å². The van der Waals surface area contributed by atoms with Gasteiger partial charge >= 0.3 is 0 Å². The highest BCUT2D eigenvalue weighted by Crippen LogP contribution is 2.32. The second kappa shape index (κ2) is 6.50. The lowest BCUT2D eigenvalue weighted by Gasteiger charge is -2.07. The maximum Gasteiger partial charge on any atom is 0.140 e. The summed E-state index contributed by atoms with van der Waals surface area (Å²) in [6, 6.07) is 9.36. The molecule has 0 fully saturated rings. The zero-order valence-electron chi connectivity index (χ0n) is 10.00. The van der Waals surface area contributed by atoms with Gasteiger partial charge in [0.1, 0.15) is 11.6 Å². The van der Waals surface area contributed by atoms with Crippen molar-refractivity contribution in [3.05, 3.63) is 58.1 Å². The van der Waals surface area contributed by atoms with E-state index in [1.54, 1.807) is 0 Å². The number of nitrogens with two attached hydrogens (primary N) is 1. The molecule has 0 aliphatic carbocycles. The highest BCUT2D eigenvalue weighted by molar-refractivity contribution is 9.10. The molecule has 5 heteroatoms. The van der Waals surface area contributed by atoms with Crippen molar-refractivity contribution in [1.82, 2.24) is 0 Å². The van der Waals surface area contributed by atoms with Crippen LogP contribution >= 0.6 is 27.7 Å². The highest BCUT2D eigenvalue weighted by Gasteiger charge is 2.07. The van der Waals surface area contributed by atoms with Gasteiger partial charge in [-0.05, 0) is 42.8 Å². The van der Waals surface area contributed by atoms with Gasteiger partial charge in [0.25, 0.3) is 0 Å². The van der Waals surface area contributed by atoms with Crippen LogP contribution < -0.4 is 5.73 Å². The van der Waals surface area contributed by atoms with Crippen molar-refractivity contribution >= 4 is 27.7 Å². The molecule has 100 valence electrons. The zero-order valence-corrected chi connectivity index (χ0v) is 12.4. The van der Waals surface area contributed by atoms with Gasteiger partial charge in [-0.15, -0.1) is 0 Å². The molecule has 0 saturated carbocycles. The standard InChI is InChI=1S/C14H12BrF2NS/c15-12-8-11(3-1-9(12)5-6-18)19-14-4-2-10(16)7-13(14)17/h1-4,7-8H,5-6,18H2. The van der Waals surface area contributed by atoms with Crippen LogP contribution in [0.15, 0.2) is 50.7 Å². The van der Waals surface area contributed by atoms with Gasteiger partial charge in [0.15, 0.2) is 0 Å². The van der Waals surface area contributed by atoms with E-state index in [-0.39, 0.29) is 0 Å². The predicted octanol–water partition coefficient (Wildman–Crippen LogP) is 4.38. The van der Waals surface area contributed by atoms with Gasteiger partial charge in [0.2, 0.25) is 0 Å². The Bertz CT molecular complexity index is 590. The smallest absolute Gasteiger partial charge is 0.140 e. The third kappa shape index (κ3) is 3.78. The lowest BCUT2D eigenvalue weighted by atomic mass is 10.1. The van der Waals surface area contributed by atoms with Gasteiger partial charge in [0, 0.05) is 20.3 Å². The fourth-order valence-electron chi connectivity index (χ4n) is 1.63. The maximum absolute atomic E-state index is 13.5. The van der Waals surface area contributed by atoms with Gasteiger partial charge < -0.3 is 5.73 Å². The Hall–Kier alpha value is -0.910. The number of halogens is 3. The Labute approximate surface area is 123 Å². The van der Waals surface area contributed by atoms with Crippen molar-refractivity contribution < 1.29 is 8.78 Å². The largest absolute Gasteiger partial charge is 0.330 e. The lowest BCUT2D eigenvalue weighted by molar-refractivity contribution is 0.565. The monoisotopic (exact) mass is 343 g/mol. The fourth-order valence-corrected chi connectivity index (χ4v) is 3.22. The minimum atomic E-state index is -0.568. The van der Waals surface area contributed by atoms with E-state index in [4.69, 9.17) is 5.73 Å². The van der Waals surface area contributed by atoms with Gasteiger partial charge in [-0.3, -0.25) is 0 Å². The quantitative estimate of drug-likeness (QED) is 0.891. The van der Waals surface area contributed by atoms with Crippen LogP contribution in [0, 0.1) is 11.6 Å². The second-order valence-corrected chi connectivity index (χ2v) is 5.94. The third-order valence-corrected chi connectivity index (χ3v) is 4.34. The molecule has 0 heterocycles. The molecule has 1 nitrogen and oxygen atoms in total. The van der Waals surface area contributed by atoms with E-state index in [0.29, 0.717) is 11.4 Å². The summed E-state index contributed by atoms with van der Waals surface area (Å²) in [5, 5.41) is 0. The predicted molar refractivity (Wildman–Crippen MR) is 77.4 cm³/mol. The maximum atomic E-state index is 13.5. The van der Waals surface area contributed by atoms with E-state index in [1.165, 1.54) is 23.9 Å². The minimum absolute atomic E-state index is 0.403. The molecular weight excluding hydrogens is 332 g/mol. The zero-order chi connectivity index (χ0) is 13.8. The molecule has 2 N–H and O–H groups in total. The van der Waals surface area contributed by atoms with Crippen molar-refractivity contribution in [3.8, 4) is 0 Å². The second-order valence-electron chi connectivity index (χ2n) is 3.97. The number of hydrogen-bond acceptors (Lipinski definition) is 2. The van der Waals surface area contributed by atoms with E-state index in [2.05, 4.69) is 15.9 Å². The van der Waals surface area contributed by atoms with Crippen molar-refractivity contribution in [2.75, 3.05) is 6.54 Å². The Kier molecular flexibility index (Phi) is 4.96. The third-order valence-electron chi connectivity index (χ3n) is 2.56. The summed E-state index contributed by atoms with van der Waals surface area (Å²) in [6.07, 6.45) is 0.788. The molecule has 2 aromatic carbocycles. The average molecular weight is 344 g/mol. The number of benzene rings is 2. The van der Waals surface area contributed by atoms with E-state index >= 15 is 0 Å². The van der Waals surface area contributed by atoms with Crippen molar-refractivity contribution in [3.63, 3.8) is 0 Å². The summed E-state index contributed by atoms with van der Waals surface area (Å²) in [5.74, 6) is -1.12. The van der Waals surface area contributed by atoms with E-state index in [0.717, 1.165) is 27.4 Å². The first-order valence-corrected chi connectivity index (χ1v) is 7.32. The SMILES string of the molecule is NCCc1ccc(Sc2ccc(F)cc2F)cc1Br. The van der Waals surface area contributed by atoms with Gasteiger partial charge in [-0.2, -0.15) is 0 Å². The molecule has 0 unspecified atom stereocenters. The van der Waals surface area contributed by atoms with Crippen LogP contribution in [-0.2, 0) is 6.42 Å². The molecule has 2 aromatic rings. The van der Waals surface area contributed by atoms with Crippen LogP contribution in [0.3, 0.4) is 0 Å². The Morgan fingerprint density at radius 1 is 1.11 bits per heavy atom. The molecular formula is C14H12BrF2NS. The summed E-state index contributed by atoms with van der Waals surface area (Å²) in [6.45, 7) is 0.581. The van der Waals surface area contributed by atoms with Crippen LogP contribution in [0.25, 0.3) is 0 Å². The fraction of sp³-hybridized carbons (Fsp3) is 0.143. The minimum Gasteiger partial charge on any atom is -0.330 e. The summed E-state index contributed by atoms with van der Waals surface area (Å²) in [4.78, 5) is 1.29. The average Bonchev–Trinajstić information content (AvgIpc) is 2.36. The van der Waals surface area contributed by atoms with Crippen LogP contribution in [0.2, 0.25) is 0 Å². The molecule has 0 amide bonds. The molecule has 0 aliphatic rings. The number of rotatable bonds is 4. The van der Waals surface area contributed by atoms with Crippen LogP contribution in [-0.4, -0.2) is 6.54 Å². The number of hydrogen-bond donors (Lipinski definition) is 1. The van der Waals surface area contributed by atoms with E-state index < -0.39 is 11.6 Å². The molecule has 0 atom stereocenters. The van der Waals surface area contributed by atoms with Crippen molar-refractivity contribution in [1.29, 1.82) is 0 Å². The molecule has 2 rings (SSSR count). The van der Waals surface area contributed by atoms with Gasteiger partial charge in [-0.25, -0.2) is 8.78 Å². The summed E-state index contributed by atoms with van der Waals surface area (Å²) >= 11 is 4.73. The van der Waals surface area contributed by atoms with Gasteiger partial charge in [0.05, 0.1) is 0 Å². The first-order chi connectivity index (χ1) is 9.10. The highest BCUT2D eigenvalue weighted by atomic mass is 79.9. The van der Waals surface area contributed by atoms with E-state index in [9.17, 15) is 8.78 Å². The Balaban J connectivity index is 2.21. The molecule has 0 spiro atoms.